The lowest BCUT2D eigenvalue weighted by Gasteiger charge is -2.03. The maximum atomic E-state index is 3.51. The van der Waals surface area contributed by atoms with E-state index in [4.69, 9.17) is 0 Å². The Morgan fingerprint density at radius 1 is 1.18 bits per heavy atom. The van der Waals surface area contributed by atoms with Crippen LogP contribution in [0.3, 0.4) is 0 Å². The third-order valence-electron chi connectivity index (χ3n) is 1.25. The predicted molar refractivity (Wildman–Crippen MR) is 62.6 cm³/mol. The van der Waals surface area contributed by atoms with E-state index >= 15 is 0 Å². The van der Waals surface area contributed by atoms with Crippen molar-refractivity contribution in [3.05, 3.63) is 34.3 Å². The summed E-state index contributed by atoms with van der Waals surface area (Å²) in [6.07, 6.45) is 1.05. The molecular weight excluding hydrogens is 355 g/mol. The highest BCUT2D eigenvalue weighted by molar-refractivity contribution is 9.69. The second kappa shape index (κ2) is 4.96. The van der Waals surface area contributed by atoms with Gasteiger partial charge in [0.15, 0.2) is 0 Å². The van der Waals surface area contributed by atoms with Crippen LogP contribution < -0.4 is 0 Å². The van der Waals surface area contributed by atoms with Gasteiger partial charge in [-0.25, -0.2) is 0 Å². The van der Waals surface area contributed by atoms with E-state index < -0.39 is 0 Å². The predicted octanol–water partition coefficient (Wildman–Crippen LogP) is 5.05. The Morgan fingerprint density at radius 2 is 1.82 bits per heavy atom. The molecule has 0 atom stereocenters. The summed E-state index contributed by atoms with van der Waals surface area (Å²) in [6, 6.07) is 8.27. The molecule has 0 unspecified atom stereocenters. The average Bonchev–Trinajstić information content (AvgIpc) is 1.93. The molecule has 60 valence electrons. The molecule has 0 saturated heterocycles. The highest BCUT2D eigenvalue weighted by Gasteiger charge is 2.02. The Bertz CT molecular complexity index is 237. The van der Waals surface area contributed by atoms with Crippen molar-refractivity contribution in [3.8, 4) is 0 Å². The highest BCUT2D eigenvalue weighted by Crippen LogP contribution is 2.55. The second-order valence-corrected chi connectivity index (χ2v) is 11.8. The Hall–Kier alpha value is 1.09. The molecule has 1 aromatic rings. The normalized spacial score (nSPS) is 10.5. The number of hydrogen-bond acceptors (Lipinski definition) is 0. The molecule has 4 heteroatoms. The smallest absolute Gasteiger partial charge is 0.0391 e. The van der Waals surface area contributed by atoms with Gasteiger partial charge in [-0.3, -0.25) is 0 Å². The maximum absolute atomic E-state index is 3.51. The minimum Gasteiger partial charge on any atom is -0.0619 e. The topological polar surface area (TPSA) is 0 Å². The van der Waals surface area contributed by atoms with Crippen molar-refractivity contribution in [2.24, 2.45) is 0 Å². The Labute approximate surface area is 92.1 Å². The summed E-state index contributed by atoms with van der Waals surface area (Å²) in [4.78, 5) is 0. The highest BCUT2D eigenvalue weighted by atomic mass is 79.9. The third-order valence-corrected chi connectivity index (χ3v) is 4.11. The lowest BCUT2D eigenvalue weighted by Crippen LogP contribution is -1.78. The molecule has 0 amide bonds. The second-order valence-electron chi connectivity index (χ2n) is 2.05. The Balaban J connectivity index is 2.78. The summed E-state index contributed by atoms with van der Waals surface area (Å²) in [5, 5.41) is -0.198. The minimum atomic E-state index is -0.198. The standard InChI is InChI=1S/C7H6Br3P/c8-7-4-2-1-3-6(7)5-11(9)10/h1-4H,5H2. The maximum Gasteiger partial charge on any atom is 0.0391 e. The molecule has 0 radical (unpaired) electrons. The molecule has 1 rings (SSSR count). The molecule has 0 aliphatic rings. The first-order chi connectivity index (χ1) is 5.20. The fraction of sp³-hybridized carbons (Fsp3) is 0.143. The van der Waals surface area contributed by atoms with Crippen LogP contribution in [0.15, 0.2) is 28.7 Å². The first-order valence-corrected chi connectivity index (χ1v) is 9.38. The molecule has 0 aromatic heterocycles. The summed E-state index contributed by atoms with van der Waals surface area (Å²) >= 11 is 10.5. The van der Waals surface area contributed by atoms with Crippen LogP contribution in [0.2, 0.25) is 0 Å². The summed E-state index contributed by atoms with van der Waals surface area (Å²) in [7, 11) is 0. The number of rotatable bonds is 2. The van der Waals surface area contributed by atoms with Crippen molar-refractivity contribution >= 4 is 52.2 Å². The largest absolute Gasteiger partial charge is 0.0619 e. The zero-order chi connectivity index (χ0) is 8.27. The molecule has 0 aliphatic heterocycles. The van der Waals surface area contributed by atoms with Gasteiger partial charge in [0.25, 0.3) is 0 Å². The minimum absolute atomic E-state index is 0.198. The molecule has 0 fully saturated rings. The quantitative estimate of drug-likeness (QED) is 0.647. The Morgan fingerprint density at radius 3 is 2.36 bits per heavy atom. The fourth-order valence-corrected chi connectivity index (χ4v) is 3.55. The van der Waals surface area contributed by atoms with Gasteiger partial charge in [-0.1, -0.05) is 34.1 Å². The summed E-state index contributed by atoms with van der Waals surface area (Å²) in [5.74, 6) is 0. The van der Waals surface area contributed by atoms with E-state index in [-0.39, 0.29) is 5.33 Å². The SMILES string of the molecule is Brc1ccccc1CP(Br)Br. The van der Waals surface area contributed by atoms with Gasteiger partial charge in [-0.05, 0) is 42.6 Å². The van der Waals surface area contributed by atoms with Crippen molar-refractivity contribution in [2.75, 3.05) is 0 Å². The van der Waals surface area contributed by atoms with Gasteiger partial charge >= 0.3 is 0 Å². The first kappa shape index (κ1) is 10.2. The Kier molecular flexibility index (Phi) is 4.59. The van der Waals surface area contributed by atoms with Gasteiger partial charge < -0.3 is 0 Å². The van der Waals surface area contributed by atoms with Crippen molar-refractivity contribution in [1.82, 2.24) is 0 Å². The van der Waals surface area contributed by atoms with Gasteiger partial charge in [0.2, 0.25) is 0 Å². The van der Waals surface area contributed by atoms with Gasteiger partial charge in [0.05, 0.1) is 0 Å². The lowest BCUT2D eigenvalue weighted by molar-refractivity contribution is 1.38. The van der Waals surface area contributed by atoms with Crippen LogP contribution >= 0.6 is 52.2 Å². The van der Waals surface area contributed by atoms with E-state index in [2.05, 4.69) is 65.1 Å². The molecule has 0 nitrogen and oxygen atoms in total. The van der Waals surface area contributed by atoms with E-state index in [0.29, 0.717) is 0 Å². The summed E-state index contributed by atoms with van der Waals surface area (Å²) in [5.41, 5.74) is 1.34. The van der Waals surface area contributed by atoms with E-state index in [1.165, 1.54) is 10.0 Å². The van der Waals surface area contributed by atoms with Crippen LogP contribution in [0.5, 0.6) is 0 Å². The van der Waals surface area contributed by atoms with Crippen LogP contribution in [-0.4, -0.2) is 0 Å². The van der Waals surface area contributed by atoms with E-state index in [1.54, 1.807) is 0 Å². The van der Waals surface area contributed by atoms with Gasteiger partial charge in [0, 0.05) is 16.0 Å². The number of benzene rings is 1. The van der Waals surface area contributed by atoms with Crippen molar-refractivity contribution in [1.29, 1.82) is 0 Å². The molecule has 0 aliphatic carbocycles. The summed E-state index contributed by atoms with van der Waals surface area (Å²) in [6.45, 7) is 0. The molecule has 1 aromatic carbocycles. The third kappa shape index (κ3) is 3.54. The summed E-state index contributed by atoms with van der Waals surface area (Å²) < 4.78 is 1.19. The molecular formula is C7H6Br3P. The average molecular weight is 361 g/mol. The van der Waals surface area contributed by atoms with E-state index in [0.717, 1.165) is 6.16 Å². The lowest BCUT2D eigenvalue weighted by atomic mass is 10.2. The van der Waals surface area contributed by atoms with Crippen molar-refractivity contribution < 1.29 is 0 Å². The van der Waals surface area contributed by atoms with Gasteiger partial charge in [-0.15, -0.1) is 0 Å². The molecule has 11 heavy (non-hydrogen) atoms. The number of hydrogen-bond donors (Lipinski definition) is 0. The molecule has 0 N–H and O–H groups in total. The van der Waals surface area contributed by atoms with Crippen molar-refractivity contribution in [2.45, 2.75) is 6.16 Å². The number of halogens is 3. The van der Waals surface area contributed by atoms with Crippen LogP contribution in [-0.2, 0) is 6.16 Å². The molecule has 0 saturated carbocycles. The van der Waals surface area contributed by atoms with Crippen LogP contribution in [0.25, 0.3) is 0 Å². The fourth-order valence-electron chi connectivity index (χ4n) is 0.755. The van der Waals surface area contributed by atoms with Crippen LogP contribution in [0.1, 0.15) is 5.56 Å². The zero-order valence-corrected chi connectivity index (χ0v) is 11.3. The van der Waals surface area contributed by atoms with Crippen LogP contribution in [0, 0.1) is 0 Å². The van der Waals surface area contributed by atoms with E-state index in [1.807, 2.05) is 6.07 Å². The zero-order valence-electron chi connectivity index (χ0n) is 5.60. The van der Waals surface area contributed by atoms with Gasteiger partial charge in [0.1, 0.15) is 0 Å². The van der Waals surface area contributed by atoms with Crippen LogP contribution in [0.4, 0.5) is 0 Å². The monoisotopic (exact) mass is 358 g/mol. The molecule has 0 heterocycles. The molecule has 0 bridgehead atoms. The van der Waals surface area contributed by atoms with E-state index in [9.17, 15) is 0 Å². The first-order valence-electron chi connectivity index (χ1n) is 3.02. The molecule has 0 spiro atoms. The van der Waals surface area contributed by atoms with Crippen molar-refractivity contribution in [3.63, 3.8) is 0 Å². The van der Waals surface area contributed by atoms with Gasteiger partial charge in [-0.2, -0.15) is 0 Å².